The van der Waals surface area contributed by atoms with Gasteiger partial charge in [0, 0.05) is 25.7 Å². The topological polar surface area (TPSA) is 237 Å². The number of carbonyl (C=O) groups excluding carboxylic acids is 4. The van der Waals surface area contributed by atoms with Crippen LogP contribution in [0.25, 0.3) is 0 Å². The molecule has 0 rings (SSSR count). The van der Waals surface area contributed by atoms with Crippen molar-refractivity contribution in [1.82, 2.24) is 0 Å². The second-order valence-electron chi connectivity index (χ2n) is 24.8. The summed E-state index contributed by atoms with van der Waals surface area (Å²) in [5, 5.41) is 10.5. The van der Waals surface area contributed by atoms with Crippen molar-refractivity contribution in [3.05, 3.63) is 0 Å². The Morgan fingerprint density at radius 3 is 0.800 bits per heavy atom. The molecule has 0 radical (unpaired) electrons. The molecule has 85 heavy (non-hydrogen) atoms. The highest BCUT2D eigenvalue weighted by Crippen LogP contribution is 2.45. The Bertz CT molecular complexity index is 1670. The first-order valence-corrected chi connectivity index (χ1v) is 37.5. The highest BCUT2D eigenvalue weighted by Gasteiger charge is 2.30. The molecule has 0 saturated heterocycles. The number of rotatable bonds is 65. The number of phosphoric ester groups is 2. The van der Waals surface area contributed by atoms with Crippen LogP contribution in [0.5, 0.6) is 0 Å². The van der Waals surface area contributed by atoms with Crippen molar-refractivity contribution in [3.63, 3.8) is 0 Å². The number of hydrogen-bond acceptors (Lipinski definition) is 15. The first-order chi connectivity index (χ1) is 40.9. The van der Waals surface area contributed by atoms with Crippen LogP contribution in [-0.2, 0) is 65.4 Å². The van der Waals surface area contributed by atoms with E-state index in [0.29, 0.717) is 25.7 Å². The van der Waals surface area contributed by atoms with Gasteiger partial charge in [0.15, 0.2) is 12.2 Å². The van der Waals surface area contributed by atoms with Gasteiger partial charge in [0.1, 0.15) is 19.3 Å². The molecule has 5 atom stereocenters. The molecule has 3 N–H and O–H groups in total. The van der Waals surface area contributed by atoms with Crippen molar-refractivity contribution >= 4 is 39.5 Å². The second kappa shape index (κ2) is 58.4. The van der Waals surface area contributed by atoms with Crippen molar-refractivity contribution in [2.45, 2.75) is 349 Å². The third-order valence-corrected chi connectivity index (χ3v) is 17.1. The highest BCUT2D eigenvalue weighted by atomic mass is 31.2. The Hall–Kier alpha value is -1.94. The van der Waals surface area contributed by atoms with Gasteiger partial charge in [-0.25, -0.2) is 9.13 Å². The fraction of sp³-hybridized carbons (Fsp3) is 0.939. The van der Waals surface area contributed by atoms with Gasteiger partial charge in [-0.05, 0) is 37.5 Å². The maximum atomic E-state index is 13.0. The van der Waals surface area contributed by atoms with E-state index in [1.54, 1.807) is 0 Å². The maximum Gasteiger partial charge on any atom is 0.472 e. The monoisotopic (exact) mass is 1250 g/mol. The van der Waals surface area contributed by atoms with Crippen molar-refractivity contribution in [3.8, 4) is 0 Å². The lowest BCUT2D eigenvalue weighted by Crippen LogP contribution is -2.30. The molecule has 17 nitrogen and oxygen atoms in total. The number of aliphatic hydroxyl groups is 1. The summed E-state index contributed by atoms with van der Waals surface area (Å²) < 4.78 is 68.0. The SMILES string of the molecule is CCCCCCCCCCCC(=O)O[C@H](COC(=O)CCCCCCCCCC)COP(=O)(O)OC[C@H](O)COP(=O)(O)OC[C@@H](COC(=O)CCCCCCCCCCCC(C)C)OC(=O)CCCCCCCCCCCCCCCC(C)C. The van der Waals surface area contributed by atoms with Crippen LogP contribution in [0, 0.1) is 11.8 Å². The molecule has 2 unspecified atom stereocenters. The summed E-state index contributed by atoms with van der Waals surface area (Å²) in [5.74, 6) is -0.603. The van der Waals surface area contributed by atoms with Crippen LogP contribution in [0.3, 0.4) is 0 Å². The predicted octanol–water partition coefficient (Wildman–Crippen LogP) is 18.4. The van der Waals surface area contributed by atoms with Gasteiger partial charge in [0.25, 0.3) is 0 Å². The van der Waals surface area contributed by atoms with Crippen LogP contribution in [0.2, 0.25) is 0 Å². The summed E-state index contributed by atoms with van der Waals surface area (Å²) in [7, 11) is -9.89. The minimum Gasteiger partial charge on any atom is -0.462 e. The Labute approximate surface area is 517 Å². The standard InChI is InChI=1S/C66H128O17P2/c1-7-9-11-13-15-23-32-38-44-50-65(70)82-61(54-76-63(68)48-42-36-30-16-14-12-10-8-2)56-80-84(72,73)78-52-60(67)53-79-85(74,75)81-57-62(55-77-64(69)49-43-37-31-27-22-25-29-35-41-47-59(5)6)83-66(71)51-45-39-33-26-21-19-17-18-20-24-28-34-40-46-58(3)4/h58-62,67H,7-57H2,1-6H3,(H,72,73)(H,74,75)/t60-,61+,62+/m0/s1. The lowest BCUT2D eigenvalue weighted by molar-refractivity contribution is -0.161. The van der Waals surface area contributed by atoms with Gasteiger partial charge in [-0.3, -0.25) is 37.3 Å². The first-order valence-electron chi connectivity index (χ1n) is 34.5. The van der Waals surface area contributed by atoms with Crippen molar-refractivity contribution in [2.24, 2.45) is 11.8 Å². The maximum absolute atomic E-state index is 13.0. The van der Waals surface area contributed by atoms with Gasteiger partial charge in [0.05, 0.1) is 26.4 Å². The van der Waals surface area contributed by atoms with Crippen LogP contribution < -0.4 is 0 Å². The van der Waals surface area contributed by atoms with E-state index in [2.05, 4.69) is 41.5 Å². The molecule has 0 aromatic carbocycles. The molecule has 0 fully saturated rings. The number of unbranched alkanes of at least 4 members (excludes halogenated alkanes) is 35. The van der Waals surface area contributed by atoms with Crippen molar-refractivity contribution < 1.29 is 80.2 Å². The molecule has 0 aliphatic rings. The summed E-state index contributed by atoms with van der Waals surface area (Å²) >= 11 is 0. The molecule has 0 bridgehead atoms. The summed E-state index contributed by atoms with van der Waals surface area (Å²) in [4.78, 5) is 72.2. The summed E-state index contributed by atoms with van der Waals surface area (Å²) in [6.07, 6.45) is 41.7. The fourth-order valence-corrected chi connectivity index (χ4v) is 11.5. The third-order valence-electron chi connectivity index (χ3n) is 15.2. The zero-order valence-corrected chi connectivity index (χ0v) is 56.7. The summed E-state index contributed by atoms with van der Waals surface area (Å²) in [6.45, 7) is 9.47. The number of ether oxygens (including phenoxy) is 4. The number of hydrogen-bond donors (Lipinski definition) is 3. The molecule has 0 aromatic rings. The van der Waals surface area contributed by atoms with E-state index in [4.69, 9.17) is 37.0 Å². The highest BCUT2D eigenvalue weighted by molar-refractivity contribution is 7.47. The second-order valence-corrected chi connectivity index (χ2v) is 27.7. The number of esters is 4. The normalized spacial score (nSPS) is 14.2. The smallest absolute Gasteiger partial charge is 0.462 e. The molecule has 0 aliphatic heterocycles. The lowest BCUT2D eigenvalue weighted by atomic mass is 10.0. The summed E-state index contributed by atoms with van der Waals surface area (Å²) in [6, 6.07) is 0. The molecule has 0 heterocycles. The molecule has 0 amide bonds. The molecule has 0 spiro atoms. The Morgan fingerprint density at radius 1 is 0.318 bits per heavy atom. The van der Waals surface area contributed by atoms with Crippen LogP contribution in [0.4, 0.5) is 0 Å². The van der Waals surface area contributed by atoms with E-state index < -0.39 is 97.5 Å². The Balaban J connectivity index is 5.21. The van der Waals surface area contributed by atoms with Gasteiger partial charge in [-0.2, -0.15) is 0 Å². The molecule has 0 saturated carbocycles. The summed E-state index contributed by atoms with van der Waals surface area (Å²) in [5.41, 5.74) is 0. The van der Waals surface area contributed by atoms with E-state index in [1.807, 2.05) is 0 Å². The molecule has 504 valence electrons. The molecular formula is C66H128O17P2. The number of phosphoric acid groups is 2. The fourth-order valence-electron chi connectivity index (χ4n) is 9.88. The average Bonchev–Trinajstić information content (AvgIpc) is 3.53. The van der Waals surface area contributed by atoms with Crippen molar-refractivity contribution in [2.75, 3.05) is 39.6 Å². The van der Waals surface area contributed by atoms with E-state index in [-0.39, 0.29) is 25.7 Å². The quantitative estimate of drug-likeness (QED) is 0.0222. The van der Waals surface area contributed by atoms with Crippen LogP contribution in [0.1, 0.15) is 330 Å². The minimum absolute atomic E-state index is 0.105. The zero-order chi connectivity index (χ0) is 62.9. The van der Waals surface area contributed by atoms with Crippen LogP contribution >= 0.6 is 15.6 Å². The molecule has 0 aromatic heterocycles. The van der Waals surface area contributed by atoms with Gasteiger partial charge < -0.3 is 33.8 Å². The molecule has 0 aliphatic carbocycles. The number of carbonyl (C=O) groups is 4. The largest absolute Gasteiger partial charge is 0.472 e. The first kappa shape index (κ1) is 83.1. The van der Waals surface area contributed by atoms with Crippen LogP contribution in [-0.4, -0.2) is 96.7 Å². The van der Waals surface area contributed by atoms with Gasteiger partial charge in [-0.1, -0.05) is 279 Å². The van der Waals surface area contributed by atoms with Gasteiger partial charge >= 0.3 is 39.5 Å². The third kappa shape index (κ3) is 60.7. The van der Waals surface area contributed by atoms with E-state index >= 15 is 0 Å². The van der Waals surface area contributed by atoms with E-state index in [9.17, 15) is 43.2 Å². The van der Waals surface area contributed by atoms with Crippen LogP contribution in [0.15, 0.2) is 0 Å². The number of aliphatic hydroxyl groups excluding tert-OH is 1. The van der Waals surface area contributed by atoms with E-state index in [1.165, 1.54) is 141 Å². The van der Waals surface area contributed by atoms with E-state index in [0.717, 1.165) is 108 Å². The van der Waals surface area contributed by atoms with Crippen molar-refractivity contribution in [1.29, 1.82) is 0 Å². The average molecular weight is 1260 g/mol. The Kier molecular flexibility index (Phi) is 57.1. The zero-order valence-electron chi connectivity index (χ0n) is 54.9. The molecular weight excluding hydrogens is 1130 g/mol. The minimum atomic E-state index is -4.95. The van der Waals surface area contributed by atoms with Gasteiger partial charge in [-0.15, -0.1) is 0 Å². The Morgan fingerprint density at radius 2 is 0.541 bits per heavy atom. The molecule has 19 heteroatoms. The lowest BCUT2D eigenvalue weighted by Gasteiger charge is -2.21. The predicted molar refractivity (Wildman–Crippen MR) is 340 cm³/mol. The van der Waals surface area contributed by atoms with Gasteiger partial charge in [0.2, 0.25) is 0 Å².